The number of benzene rings is 1. The maximum absolute atomic E-state index is 12.9. The van der Waals surface area contributed by atoms with Gasteiger partial charge in [-0.15, -0.1) is 11.3 Å². The minimum atomic E-state index is -0.559. The Bertz CT molecular complexity index is 991. The summed E-state index contributed by atoms with van der Waals surface area (Å²) in [6.45, 7) is 4.52. The SMILES string of the molecule is CCOC(=O)c1c(NC(=O)CN2CCCC2c2ccccc2Cl)sc(C(=O)NC)c1C. The molecular formula is C22H26ClN3O4S. The summed E-state index contributed by atoms with van der Waals surface area (Å²) in [5, 5.41) is 6.40. The van der Waals surface area contributed by atoms with Gasteiger partial charge in [-0.1, -0.05) is 29.8 Å². The molecule has 1 fully saturated rings. The number of likely N-dealkylation sites (tertiary alicyclic amines) is 1. The van der Waals surface area contributed by atoms with Crippen LogP contribution in [0.4, 0.5) is 5.00 Å². The fraction of sp³-hybridized carbons (Fsp3) is 0.409. The van der Waals surface area contributed by atoms with Crippen molar-refractivity contribution in [2.45, 2.75) is 32.7 Å². The van der Waals surface area contributed by atoms with Crippen LogP contribution in [0, 0.1) is 6.92 Å². The highest BCUT2D eigenvalue weighted by Crippen LogP contribution is 2.36. The first-order valence-corrected chi connectivity index (χ1v) is 11.4. The lowest BCUT2D eigenvalue weighted by Crippen LogP contribution is -2.33. The van der Waals surface area contributed by atoms with E-state index in [0.717, 1.165) is 36.3 Å². The van der Waals surface area contributed by atoms with Crippen LogP contribution in [0.3, 0.4) is 0 Å². The minimum Gasteiger partial charge on any atom is -0.462 e. The van der Waals surface area contributed by atoms with Crippen LogP contribution in [0.25, 0.3) is 0 Å². The van der Waals surface area contributed by atoms with Gasteiger partial charge in [-0.25, -0.2) is 4.79 Å². The third-order valence-electron chi connectivity index (χ3n) is 5.29. The van der Waals surface area contributed by atoms with E-state index in [1.807, 2.05) is 24.3 Å². The summed E-state index contributed by atoms with van der Waals surface area (Å²) in [5.74, 6) is -1.13. The summed E-state index contributed by atoms with van der Waals surface area (Å²) in [7, 11) is 1.52. The van der Waals surface area contributed by atoms with Gasteiger partial charge in [0.05, 0.1) is 23.6 Å². The van der Waals surface area contributed by atoms with E-state index in [2.05, 4.69) is 15.5 Å². The number of thiophene rings is 1. The summed E-state index contributed by atoms with van der Waals surface area (Å²) in [4.78, 5) is 40.0. The molecule has 0 aliphatic carbocycles. The van der Waals surface area contributed by atoms with Crippen molar-refractivity contribution in [3.05, 3.63) is 50.9 Å². The molecule has 1 unspecified atom stereocenters. The number of esters is 1. The van der Waals surface area contributed by atoms with Crippen LogP contribution in [0.5, 0.6) is 0 Å². The summed E-state index contributed by atoms with van der Waals surface area (Å²) < 4.78 is 5.14. The number of carbonyl (C=O) groups excluding carboxylic acids is 3. The van der Waals surface area contributed by atoms with Crippen molar-refractivity contribution in [3.8, 4) is 0 Å². The van der Waals surface area contributed by atoms with Gasteiger partial charge in [-0.3, -0.25) is 14.5 Å². The molecule has 2 heterocycles. The topological polar surface area (TPSA) is 87.7 Å². The van der Waals surface area contributed by atoms with Gasteiger partial charge in [0.1, 0.15) is 5.00 Å². The van der Waals surface area contributed by atoms with Crippen LogP contribution in [-0.2, 0) is 9.53 Å². The highest BCUT2D eigenvalue weighted by molar-refractivity contribution is 7.18. The predicted octanol–water partition coefficient (Wildman–Crippen LogP) is 4.02. The Hall–Kier alpha value is -2.42. The summed E-state index contributed by atoms with van der Waals surface area (Å²) in [6, 6.07) is 7.74. The van der Waals surface area contributed by atoms with Crippen molar-refractivity contribution in [1.29, 1.82) is 0 Å². The fourth-order valence-electron chi connectivity index (χ4n) is 3.84. The van der Waals surface area contributed by atoms with Gasteiger partial charge in [0.2, 0.25) is 5.91 Å². The Morgan fingerprint density at radius 3 is 2.71 bits per heavy atom. The van der Waals surface area contributed by atoms with E-state index in [1.165, 1.54) is 7.05 Å². The molecule has 2 N–H and O–H groups in total. The Kier molecular flexibility index (Phi) is 7.69. The molecule has 1 saturated heterocycles. The van der Waals surface area contributed by atoms with E-state index in [-0.39, 0.29) is 36.6 Å². The first-order valence-electron chi connectivity index (χ1n) is 10.2. The number of ether oxygens (including phenoxy) is 1. The summed E-state index contributed by atoms with van der Waals surface area (Å²) in [6.07, 6.45) is 1.89. The molecule has 1 atom stereocenters. The third kappa shape index (κ3) is 5.08. The lowest BCUT2D eigenvalue weighted by molar-refractivity contribution is -0.117. The number of carbonyl (C=O) groups is 3. The van der Waals surface area contributed by atoms with E-state index in [1.54, 1.807) is 13.8 Å². The average Bonchev–Trinajstić information content (AvgIpc) is 3.32. The van der Waals surface area contributed by atoms with Gasteiger partial charge < -0.3 is 15.4 Å². The molecule has 0 saturated carbocycles. The van der Waals surface area contributed by atoms with Crippen molar-refractivity contribution in [2.75, 3.05) is 32.1 Å². The lowest BCUT2D eigenvalue weighted by Gasteiger charge is -2.25. The molecule has 7 nitrogen and oxygen atoms in total. The molecule has 0 radical (unpaired) electrons. The molecular weight excluding hydrogens is 438 g/mol. The number of halogens is 1. The van der Waals surface area contributed by atoms with E-state index in [4.69, 9.17) is 16.3 Å². The third-order valence-corrected chi connectivity index (χ3v) is 6.84. The van der Waals surface area contributed by atoms with Crippen molar-refractivity contribution in [1.82, 2.24) is 10.2 Å². The quantitative estimate of drug-likeness (QED) is 0.605. The second kappa shape index (κ2) is 10.3. The normalized spacial score (nSPS) is 16.2. The van der Waals surface area contributed by atoms with Gasteiger partial charge in [0, 0.05) is 18.1 Å². The van der Waals surface area contributed by atoms with Crippen molar-refractivity contribution in [3.63, 3.8) is 0 Å². The molecule has 3 rings (SSSR count). The van der Waals surface area contributed by atoms with Crippen LogP contribution in [0.1, 0.15) is 57.0 Å². The molecule has 0 spiro atoms. The highest BCUT2D eigenvalue weighted by Gasteiger charge is 2.30. The average molecular weight is 464 g/mol. The Balaban J connectivity index is 1.80. The fourth-order valence-corrected chi connectivity index (χ4v) is 5.26. The van der Waals surface area contributed by atoms with Gasteiger partial charge in [-0.2, -0.15) is 0 Å². The first kappa shape index (κ1) is 23.2. The van der Waals surface area contributed by atoms with E-state index >= 15 is 0 Å². The van der Waals surface area contributed by atoms with Crippen molar-refractivity contribution in [2.24, 2.45) is 0 Å². The van der Waals surface area contributed by atoms with Crippen LogP contribution >= 0.6 is 22.9 Å². The Morgan fingerprint density at radius 1 is 1.29 bits per heavy atom. The smallest absolute Gasteiger partial charge is 0.341 e. The maximum atomic E-state index is 12.9. The van der Waals surface area contributed by atoms with Crippen molar-refractivity contribution >= 4 is 45.7 Å². The molecule has 9 heteroatoms. The highest BCUT2D eigenvalue weighted by atomic mass is 35.5. The molecule has 1 aromatic carbocycles. The van der Waals surface area contributed by atoms with Gasteiger partial charge >= 0.3 is 5.97 Å². The largest absolute Gasteiger partial charge is 0.462 e. The standard InChI is InChI=1S/C22H26ClN3O4S/c1-4-30-22(29)18-13(2)19(20(28)24-3)31-21(18)25-17(27)12-26-11-7-10-16(26)14-8-5-6-9-15(14)23/h5-6,8-9,16H,4,7,10-12H2,1-3H3,(H,24,28)(H,25,27). The second-order valence-electron chi connectivity index (χ2n) is 7.26. The predicted molar refractivity (Wildman–Crippen MR) is 122 cm³/mol. The molecule has 1 aliphatic heterocycles. The van der Waals surface area contributed by atoms with Gasteiger partial charge in [0.25, 0.3) is 5.91 Å². The molecule has 2 amide bonds. The molecule has 2 aromatic rings. The van der Waals surface area contributed by atoms with E-state index in [0.29, 0.717) is 20.5 Å². The monoisotopic (exact) mass is 463 g/mol. The number of anilines is 1. The van der Waals surface area contributed by atoms with Gasteiger partial charge in [-0.05, 0) is 50.4 Å². The zero-order valence-electron chi connectivity index (χ0n) is 17.8. The summed E-state index contributed by atoms with van der Waals surface area (Å²) >= 11 is 7.44. The van der Waals surface area contributed by atoms with Crippen LogP contribution in [-0.4, -0.2) is 49.4 Å². The minimum absolute atomic E-state index is 0.0653. The Morgan fingerprint density at radius 2 is 2.03 bits per heavy atom. The lowest BCUT2D eigenvalue weighted by atomic mass is 10.0. The number of nitrogens with one attached hydrogen (secondary N) is 2. The van der Waals surface area contributed by atoms with Crippen molar-refractivity contribution < 1.29 is 19.1 Å². The maximum Gasteiger partial charge on any atom is 0.341 e. The number of nitrogens with zero attached hydrogens (tertiary/aromatic N) is 1. The molecule has 0 bridgehead atoms. The zero-order chi connectivity index (χ0) is 22.5. The van der Waals surface area contributed by atoms with E-state index < -0.39 is 5.97 Å². The number of hydrogen-bond donors (Lipinski definition) is 2. The zero-order valence-corrected chi connectivity index (χ0v) is 19.4. The second-order valence-corrected chi connectivity index (χ2v) is 8.69. The molecule has 166 valence electrons. The van der Waals surface area contributed by atoms with Crippen LogP contribution in [0.2, 0.25) is 5.02 Å². The molecule has 31 heavy (non-hydrogen) atoms. The molecule has 1 aromatic heterocycles. The number of rotatable bonds is 7. The first-order chi connectivity index (χ1) is 14.9. The number of amides is 2. The molecule has 1 aliphatic rings. The van der Waals surface area contributed by atoms with Crippen LogP contribution in [0.15, 0.2) is 24.3 Å². The van der Waals surface area contributed by atoms with Gasteiger partial charge in [0.15, 0.2) is 0 Å². The number of hydrogen-bond acceptors (Lipinski definition) is 6. The Labute approximate surface area is 190 Å². The van der Waals surface area contributed by atoms with E-state index in [9.17, 15) is 14.4 Å². The van der Waals surface area contributed by atoms with Crippen LogP contribution < -0.4 is 10.6 Å². The summed E-state index contributed by atoms with van der Waals surface area (Å²) in [5.41, 5.74) is 1.73.